The lowest BCUT2D eigenvalue weighted by molar-refractivity contribution is -0.332. The van der Waals surface area contributed by atoms with E-state index in [1.165, 1.54) is 29.4 Å². The number of primary amides is 1. The Morgan fingerprint density at radius 2 is 1.86 bits per heavy atom. The second-order valence-corrected chi connectivity index (χ2v) is 13.2. The Morgan fingerprint density at radius 3 is 2.45 bits per heavy atom. The predicted molar refractivity (Wildman–Crippen MR) is 182 cm³/mol. The van der Waals surface area contributed by atoms with Gasteiger partial charge in [-0.2, -0.15) is 15.2 Å². The standard InChI is InChI=1S/C34H34BrF2N7O5/c1-19-13-21(7-5-11-38)14-20(2)26(19)49-28-25-27(40-30(41-28)42-33-17-32(18-33,29(39)45)34(33,36)37)44(31(46)43(25)12-6-10-35)16-22-8-9-23(47-3)15-24(22)48-4/h5,7-9,13-15H,6,10,12,16-18H2,1-4H3,(H2,39,45)(H,40,41,42)/b7-5+. The van der Waals surface area contributed by atoms with Crippen LogP contribution in [0, 0.1) is 30.6 Å². The van der Waals surface area contributed by atoms with Crippen LogP contribution in [0.15, 0.2) is 41.2 Å². The predicted octanol–water partition coefficient (Wildman–Crippen LogP) is 5.45. The molecule has 2 bridgehead atoms. The number of nitriles is 1. The first-order valence-electron chi connectivity index (χ1n) is 15.4. The van der Waals surface area contributed by atoms with Gasteiger partial charge in [0.2, 0.25) is 11.9 Å². The SMILES string of the molecule is COc1ccc(Cn2c(=O)n(CCCBr)c3c(Oc4c(C)cc(/C=C/C#N)cc4C)nc(NC45CC(C(N)=O)(C4)C5(F)F)nc32)c(OC)c1. The van der Waals surface area contributed by atoms with Gasteiger partial charge in [-0.05, 0) is 80.1 Å². The normalized spacial score (nSPS) is 20.4. The molecule has 15 heteroatoms. The maximum absolute atomic E-state index is 15.4. The van der Waals surface area contributed by atoms with Gasteiger partial charge < -0.3 is 25.3 Å². The highest BCUT2D eigenvalue weighted by atomic mass is 79.9. The number of imidazole rings is 1. The molecule has 1 amide bonds. The number of ether oxygens (including phenoxy) is 3. The van der Waals surface area contributed by atoms with Crippen molar-refractivity contribution in [2.24, 2.45) is 11.1 Å². The number of benzene rings is 2. The van der Waals surface area contributed by atoms with Crippen molar-refractivity contribution >= 4 is 45.0 Å². The van der Waals surface area contributed by atoms with Crippen LogP contribution in [0.25, 0.3) is 17.2 Å². The van der Waals surface area contributed by atoms with Crippen LogP contribution in [-0.2, 0) is 17.9 Å². The Balaban J connectivity index is 1.53. The zero-order valence-electron chi connectivity index (χ0n) is 27.3. The van der Waals surface area contributed by atoms with Crippen molar-refractivity contribution in [3.63, 3.8) is 0 Å². The summed E-state index contributed by atoms with van der Waals surface area (Å²) in [4.78, 5) is 35.4. The number of nitrogens with two attached hydrogens (primary N) is 1. The van der Waals surface area contributed by atoms with Gasteiger partial charge in [0, 0.05) is 29.6 Å². The van der Waals surface area contributed by atoms with E-state index in [0.29, 0.717) is 45.7 Å². The summed E-state index contributed by atoms with van der Waals surface area (Å²) in [7, 11) is 3.04. The Labute approximate surface area is 288 Å². The van der Waals surface area contributed by atoms with E-state index in [9.17, 15) is 9.59 Å². The molecule has 2 heterocycles. The minimum Gasteiger partial charge on any atom is -0.497 e. The molecule has 49 heavy (non-hydrogen) atoms. The van der Waals surface area contributed by atoms with Gasteiger partial charge in [-0.25, -0.2) is 13.6 Å². The van der Waals surface area contributed by atoms with Crippen LogP contribution in [0.5, 0.6) is 23.1 Å². The molecule has 3 aliphatic rings. The fourth-order valence-electron chi connectivity index (χ4n) is 6.88. The number of carbonyl (C=O) groups excluding carboxylic acids is 1. The van der Waals surface area contributed by atoms with Gasteiger partial charge in [-0.15, -0.1) is 0 Å². The molecule has 3 fully saturated rings. The van der Waals surface area contributed by atoms with Crippen LogP contribution in [0.4, 0.5) is 14.7 Å². The minimum absolute atomic E-state index is 0.0176. The third-order valence-electron chi connectivity index (χ3n) is 9.42. The highest BCUT2D eigenvalue weighted by Crippen LogP contribution is 2.76. The second kappa shape index (κ2) is 12.5. The summed E-state index contributed by atoms with van der Waals surface area (Å²) < 4.78 is 51.1. The van der Waals surface area contributed by atoms with Crippen LogP contribution in [0.2, 0.25) is 0 Å². The number of fused-ring (bicyclic) bond motifs is 1. The fourth-order valence-corrected chi connectivity index (χ4v) is 7.13. The first-order chi connectivity index (χ1) is 23.3. The maximum Gasteiger partial charge on any atom is 0.330 e. The van der Waals surface area contributed by atoms with Crippen LogP contribution < -0.4 is 31.0 Å². The summed E-state index contributed by atoms with van der Waals surface area (Å²) in [6, 6.07) is 10.8. The molecule has 3 aliphatic carbocycles. The quantitative estimate of drug-likeness (QED) is 0.134. The van der Waals surface area contributed by atoms with Crippen molar-refractivity contribution in [2.45, 2.75) is 57.7 Å². The molecule has 2 aromatic heterocycles. The average Bonchev–Trinajstić information content (AvgIpc) is 3.31. The number of alkyl halides is 3. The molecule has 0 spiro atoms. The Hall–Kier alpha value is -4.97. The van der Waals surface area contributed by atoms with Crippen LogP contribution >= 0.6 is 15.9 Å². The number of hydrogen-bond donors (Lipinski definition) is 2. The summed E-state index contributed by atoms with van der Waals surface area (Å²) in [6.07, 6.45) is 3.25. The van der Waals surface area contributed by atoms with Crippen molar-refractivity contribution < 1.29 is 27.8 Å². The number of anilines is 1. The third kappa shape index (κ3) is 5.29. The Morgan fingerprint density at radius 1 is 1.14 bits per heavy atom. The van der Waals surface area contributed by atoms with Gasteiger partial charge in [0.1, 0.15) is 28.2 Å². The maximum atomic E-state index is 15.4. The average molecular weight is 739 g/mol. The number of halogens is 3. The highest BCUT2D eigenvalue weighted by Gasteiger charge is 2.91. The van der Waals surface area contributed by atoms with Crippen LogP contribution in [0.3, 0.4) is 0 Å². The van der Waals surface area contributed by atoms with Crippen LogP contribution in [-0.4, -0.2) is 56.0 Å². The number of carbonyl (C=O) groups is 1. The van der Waals surface area contributed by atoms with E-state index < -0.39 is 28.5 Å². The number of rotatable bonds is 13. The number of hydrogen-bond acceptors (Lipinski definition) is 9. The zero-order chi connectivity index (χ0) is 35.3. The summed E-state index contributed by atoms with van der Waals surface area (Å²) in [6.45, 7) is 3.95. The number of nitrogens with one attached hydrogen (secondary N) is 1. The lowest BCUT2D eigenvalue weighted by atomic mass is 9.36. The molecule has 4 aromatic rings. The summed E-state index contributed by atoms with van der Waals surface area (Å²) >= 11 is 3.44. The summed E-state index contributed by atoms with van der Waals surface area (Å²) in [5.74, 6) is -3.23. The van der Waals surface area contributed by atoms with Crippen molar-refractivity contribution in [1.82, 2.24) is 19.1 Å². The van der Waals surface area contributed by atoms with Gasteiger partial charge >= 0.3 is 5.69 Å². The summed E-state index contributed by atoms with van der Waals surface area (Å²) in [5.41, 5.74) is 4.52. The third-order valence-corrected chi connectivity index (χ3v) is 9.98. The molecule has 0 aliphatic heterocycles. The number of aromatic nitrogens is 4. The molecule has 256 valence electrons. The molecule has 0 unspecified atom stereocenters. The van der Waals surface area contributed by atoms with Gasteiger partial charge in [0.25, 0.3) is 11.8 Å². The smallest absolute Gasteiger partial charge is 0.330 e. The topological polar surface area (TPSA) is 159 Å². The van der Waals surface area contributed by atoms with Gasteiger partial charge in [-0.3, -0.25) is 13.9 Å². The first-order valence-corrected chi connectivity index (χ1v) is 16.6. The molecular weight excluding hydrogens is 704 g/mol. The van der Waals surface area contributed by atoms with Crippen molar-refractivity contribution in [1.29, 1.82) is 5.26 Å². The van der Waals surface area contributed by atoms with E-state index in [1.54, 1.807) is 24.3 Å². The van der Waals surface area contributed by atoms with E-state index in [1.807, 2.05) is 32.0 Å². The Bertz CT molecular complexity index is 2090. The molecular formula is C34H34BrF2N7O5. The summed E-state index contributed by atoms with van der Waals surface area (Å²) in [5, 5.41) is 12.4. The molecule has 3 saturated carbocycles. The lowest BCUT2D eigenvalue weighted by Gasteiger charge is -2.73. The van der Waals surface area contributed by atoms with E-state index in [-0.39, 0.29) is 48.9 Å². The number of allylic oxidation sites excluding steroid dienone is 1. The number of methoxy groups -OCH3 is 2. The number of amides is 1. The van der Waals surface area contributed by atoms with Crippen molar-refractivity contribution in [3.8, 4) is 29.2 Å². The molecule has 2 aromatic carbocycles. The van der Waals surface area contributed by atoms with Crippen molar-refractivity contribution in [3.05, 3.63) is 69.1 Å². The van der Waals surface area contributed by atoms with E-state index >= 15 is 8.78 Å². The van der Waals surface area contributed by atoms with E-state index in [2.05, 4.69) is 31.2 Å². The number of nitrogens with zero attached hydrogens (tertiary/aromatic N) is 5. The van der Waals surface area contributed by atoms with E-state index in [0.717, 1.165) is 5.56 Å². The zero-order valence-corrected chi connectivity index (χ0v) is 28.9. The molecule has 12 nitrogen and oxygen atoms in total. The molecule has 7 rings (SSSR count). The lowest BCUT2D eigenvalue weighted by Crippen LogP contribution is -2.89. The first kappa shape index (κ1) is 33.9. The fraction of sp³-hybridized carbons (Fsp3) is 0.382. The van der Waals surface area contributed by atoms with Gasteiger partial charge in [-0.1, -0.05) is 15.9 Å². The number of aryl methyl sites for hydroxylation is 3. The monoisotopic (exact) mass is 737 g/mol. The molecule has 0 radical (unpaired) electrons. The van der Waals surface area contributed by atoms with E-state index in [4.69, 9.17) is 25.2 Å². The van der Waals surface area contributed by atoms with Gasteiger partial charge in [0.15, 0.2) is 11.2 Å². The highest BCUT2D eigenvalue weighted by molar-refractivity contribution is 9.09. The Kier molecular flexibility index (Phi) is 8.64. The van der Waals surface area contributed by atoms with Gasteiger partial charge in [0.05, 0.1) is 26.8 Å². The largest absolute Gasteiger partial charge is 0.497 e. The second-order valence-electron chi connectivity index (χ2n) is 12.4. The molecule has 0 saturated heterocycles. The van der Waals surface area contributed by atoms with Crippen molar-refractivity contribution in [2.75, 3.05) is 24.9 Å². The van der Waals surface area contributed by atoms with Crippen LogP contribution in [0.1, 0.15) is 41.5 Å². The molecule has 0 atom stereocenters. The molecule has 3 N–H and O–H groups in total. The minimum atomic E-state index is -3.43.